The molecule has 3 aliphatic rings. The van der Waals surface area contributed by atoms with E-state index in [1.54, 1.807) is 6.07 Å². The van der Waals surface area contributed by atoms with Gasteiger partial charge in [0.25, 0.3) is 5.91 Å². The van der Waals surface area contributed by atoms with Gasteiger partial charge in [0.05, 0.1) is 11.8 Å². The summed E-state index contributed by atoms with van der Waals surface area (Å²) >= 11 is 3.40. The predicted molar refractivity (Wildman–Crippen MR) is 112 cm³/mol. The summed E-state index contributed by atoms with van der Waals surface area (Å²) < 4.78 is 6.04. The van der Waals surface area contributed by atoms with E-state index in [2.05, 4.69) is 21.2 Å². The molecule has 1 aromatic rings. The Morgan fingerprint density at radius 1 is 1.20 bits per heavy atom. The number of ether oxygens (including phenoxy) is 1. The van der Waals surface area contributed by atoms with Crippen molar-refractivity contribution in [1.82, 2.24) is 4.90 Å². The van der Waals surface area contributed by atoms with Crippen molar-refractivity contribution in [2.75, 3.05) is 11.9 Å². The van der Waals surface area contributed by atoms with E-state index in [1.165, 1.54) is 6.92 Å². The van der Waals surface area contributed by atoms with Crippen LogP contribution in [0.4, 0.5) is 5.69 Å². The number of rotatable bonds is 6. The van der Waals surface area contributed by atoms with Crippen molar-refractivity contribution in [3.63, 3.8) is 0 Å². The van der Waals surface area contributed by atoms with E-state index in [1.807, 2.05) is 19.1 Å². The molecule has 1 N–H and O–H groups in total. The Balaban J connectivity index is 1.35. The summed E-state index contributed by atoms with van der Waals surface area (Å²) in [5.74, 6) is -1.77. The van der Waals surface area contributed by atoms with Gasteiger partial charge in [-0.05, 0) is 68.2 Å². The van der Waals surface area contributed by atoms with Crippen molar-refractivity contribution in [2.45, 2.75) is 45.6 Å². The highest BCUT2D eigenvalue weighted by molar-refractivity contribution is 9.10. The van der Waals surface area contributed by atoms with Crippen molar-refractivity contribution in [1.29, 1.82) is 0 Å². The highest BCUT2D eigenvalue weighted by Crippen LogP contribution is 2.56. The van der Waals surface area contributed by atoms with E-state index < -0.39 is 24.5 Å². The number of esters is 1. The summed E-state index contributed by atoms with van der Waals surface area (Å²) in [4.78, 5) is 51.5. The Hall–Kier alpha value is -2.22. The van der Waals surface area contributed by atoms with Crippen LogP contribution in [0.2, 0.25) is 0 Å². The summed E-state index contributed by atoms with van der Waals surface area (Å²) in [5, 5.41) is 2.74. The number of hydrogen-bond donors (Lipinski definition) is 1. The molecule has 0 radical (unpaired) electrons. The van der Waals surface area contributed by atoms with Crippen LogP contribution in [-0.2, 0) is 30.3 Å². The van der Waals surface area contributed by atoms with Gasteiger partial charge in [-0.1, -0.05) is 22.9 Å². The van der Waals surface area contributed by atoms with Gasteiger partial charge in [0.1, 0.15) is 6.04 Å². The van der Waals surface area contributed by atoms with Gasteiger partial charge < -0.3 is 10.1 Å². The van der Waals surface area contributed by atoms with Crippen LogP contribution in [0.25, 0.3) is 0 Å². The third kappa shape index (κ3) is 3.55. The molecule has 0 spiro atoms. The minimum atomic E-state index is -1.03. The highest BCUT2D eigenvalue weighted by Gasteiger charge is 2.62. The van der Waals surface area contributed by atoms with E-state index in [-0.39, 0.29) is 35.5 Å². The van der Waals surface area contributed by atoms with Gasteiger partial charge >= 0.3 is 5.97 Å². The van der Waals surface area contributed by atoms with Crippen molar-refractivity contribution < 1.29 is 23.9 Å². The Morgan fingerprint density at radius 3 is 2.43 bits per heavy atom. The molecule has 8 heteroatoms. The van der Waals surface area contributed by atoms with Gasteiger partial charge in [-0.2, -0.15) is 0 Å². The lowest BCUT2D eigenvalue weighted by Gasteiger charge is -2.23. The summed E-state index contributed by atoms with van der Waals surface area (Å²) in [6.45, 7) is 2.99. The highest BCUT2D eigenvalue weighted by atomic mass is 79.9. The van der Waals surface area contributed by atoms with Crippen LogP contribution >= 0.6 is 15.9 Å². The molecule has 30 heavy (non-hydrogen) atoms. The summed E-state index contributed by atoms with van der Waals surface area (Å²) in [6.07, 6.45) is 3.63. The van der Waals surface area contributed by atoms with E-state index in [0.717, 1.165) is 40.6 Å². The standard InChI is InChI=1S/C22H25BrN2O5/c1-3-12-9-15(23)6-7-16(12)24-17(26)10-30-22(29)11(2)25-20(27)18-13-4-5-14(8-13)19(18)21(25)28/h6-7,9,11,13-14,18-19H,3-5,8,10H2,1-2H3,(H,24,26)/t11-,13+,14+,18-,19+/m1/s1. The second-order valence-corrected chi connectivity index (χ2v) is 9.33. The first-order valence-electron chi connectivity index (χ1n) is 10.4. The third-order valence-corrected chi connectivity index (χ3v) is 7.25. The van der Waals surface area contributed by atoms with Gasteiger partial charge in [0.2, 0.25) is 11.8 Å². The molecule has 0 unspecified atom stereocenters. The molecular weight excluding hydrogens is 452 g/mol. The van der Waals surface area contributed by atoms with Gasteiger partial charge in [0, 0.05) is 10.2 Å². The smallest absolute Gasteiger partial charge is 0.329 e. The van der Waals surface area contributed by atoms with E-state index in [0.29, 0.717) is 5.69 Å². The van der Waals surface area contributed by atoms with Gasteiger partial charge in [-0.3, -0.25) is 19.3 Å². The largest absolute Gasteiger partial charge is 0.454 e. The minimum absolute atomic E-state index is 0.256. The summed E-state index contributed by atoms with van der Waals surface area (Å²) in [6, 6.07) is 4.48. The molecule has 1 saturated heterocycles. The third-order valence-electron chi connectivity index (χ3n) is 6.76. The molecule has 160 valence electrons. The van der Waals surface area contributed by atoms with Gasteiger partial charge in [-0.25, -0.2) is 4.79 Å². The molecule has 1 aromatic carbocycles. The molecule has 4 rings (SSSR count). The first-order chi connectivity index (χ1) is 14.3. The SMILES string of the molecule is CCc1cc(Br)ccc1NC(=O)COC(=O)[C@@H](C)N1C(=O)[C@@H]2[C@H]3CC[C@@H](C3)[C@@H]2C1=O. The Morgan fingerprint density at radius 2 is 1.83 bits per heavy atom. The van der Waals surface area contributed by atoms with E-state index in [9.17, 15) is 19.2 Å². The molecule has 2 saturated carbocycles. The van der Waals surface area contributed by atoms with E-state index >= 15 is 0 Å². The topological polar surface area (TPSA) is 92.8 Å². The number of aryl methyl sites for hydroxylation is 1. The molecule has 5 atom stereocenters. The van der Waals surface area contributed by atoms with Crippen LogP contribution in [0.5, 0.6) is 0 Å². The van der Waals surface area contributed by atoms with Gasteiger partial charge in [-0.15, -0.1) is 0 Å². The number of amides is 3. The molecule has 2 aliphatic carbocycles. The number of fused-ring (bicyclic) bond motifs is 5. The Kier molecular flexibility index (Phi) is 5.70. The molecule has 3 fully saturated rings. The second-order valence-electron chi connectivity index (χ2n) is 8.42. The fourth-order valence-electron chi connectivity index (χ4n) is 5.34. The fourth-order valence-corrected chi connectivity index (χ4v) is 5.75. The number of hydrogen-bond acceptors (Lipinski definition) is 5. The second kappa shape index (κ2) is 8.13. The maximum atomic E-state index is 12.8. The van der Waals surface area contributed by atoms with Crippen LogP contribution in [0.3, 0.4) is 0 Å². The molecule has 0 aromatic heterocycles. The molecular formula is C22H25BrN2O5. The lowest BCUT2D eigenvalue weighted by molar-refractivity contribution is -0.159. The minimum Gasteiger partial charge on any atom is -0.454 e. The van der Waals surface area contributed by atoms with Crippen LogP contribution in [0, 0.1) is 23.7 Å². The number of carbonyl (C=O) groups excluding carboxylic acids is 4. The lowest BCUT2D eigenvalue weighted by Crippen LogP contribution is -2.45. The summed E-state index contributed by atoms with van der Waals surface area (Å²) in [5.41, 5.74) is 1.61. The number of anilines is 1. The molecule has 7 nitrogen and oxygen atoms in total. The van der Waals surface area contributed by atoms with Crippen LogP contribution in [0.15, 0.2) is 22.7 Å². The van der Waals surface area contributed by atoms with Crippen molar-refractivity contribution in [3.8, 4) is 0 Å². The Labute approximate surface area is 183 Å². The maximum Gasteiger partial charge on any atom is 0.329 e. The zero-order chi connectivity index (χ0) is 21.6. The molecule has 1 heterocycles. The number of benzene rings is 1. The number of nitrogens with one attached hydrogen (secondary N) is 1. The first-order valence-corrected chi connectivity index (χ1v) is 11.2. The number of imide groups is 1. The fraction of sp³-hybridized carbons (Fsp3) is 0.545. The van der Waals surface area contributed by atoms with Crippen LogP contribution < -0.4 is 5.32 Å². The van der Waals surface area contributed by atoms with Crippen molar-refractivity contribution in [2.24, 2.45) is 23.7 Å². The normalized spacial score (nSPS) is 27.9. The molecule has 1 aliphatic heterocycles. The average Bonchev–Trinajstić information content (AvgIpc) is 3.40. The zero-order valence-electron chi connectivity index (χ0n) is 17.0. The van der Waals surface area contributed by atoms with Gasteiger partial charge in [0.15, 0.2) is 6.61 Å². The average molecular weight is 477 g/mol. The first kappa shape index (κ1) is 21.0. The molecule has 3 amide bonds. The number of nitrogens with zero attached hydrogens (tertiary/aromatic N) is 1. The zero-order valence-corrected chi connectivity index (χ0v) is 18.6. The maximum absolute atomic E-state index is 12.8. The van der Waals surface area contributed by atoms with Crippen molar-refractivity contribution in [3.05, 3.63) is 28.2 Å². The predicted octanol–water partition coefficient (Wildman–Crippen LogP) is 2.91. The quantitative estimate of drug-likeness (QED) is 0.503. The summed E-state index contributed by atoms with van der Waals surface area (Å²) in [7, 11) is 0. The monoisotopic (exact) mass is 476 g/mol. The lowest BCUT2D eigenvalue weighted by atomic mass is 9.81. The number of carbonyl (C=O) groups is 4. The van der Waals surface area contributed by atoms with Crippen LogP contribution in [0.1, 0.15) is 38.7 Å². The van der Waals surface area contributed by atoms with Crippen molar-refractivity contribution >= 4 is 45.3 Å². The number of likely N-dealkylation sites (tertiary alicyclic amines) is 1. The number of halogens is 1. The Bertz CT molecular complexity index is 889. The van der Waals surface area contributed by atoms with Crippen LogP contribution in [-0.4, -0.2) is 41.2 Å². The molecule has 2 bridgehead atoms. The van der Waals surface area contributed by atoms with E-state index in [4.69, 9.17) is 4.74 Å².